The number of benzene rings is 2. The number of hydrogen-bond acceptors (Lipinski definition) is 7. The molecule has 2 aromatic carbocycles. The predicted molar refractivity (Wildman–Crippen MR) is 126 cm³/mol. The van der Waals surface area contributed by atoms with Crippen molar-refractivity contribution in [2.24, 2.45) is 4.99 Å². The Bertz CT molecular complexity index is 1100. The first kappa shape index (κ1) is 24.1. The molecule has 0 unspecified atom stereocenters. The summed E-state index contributed by atoms with van der Waals surface area (Å²) in [6.07, 6.45) is 0. The van der Waals surface area contributed by atoms with Crippen molar-refractivity contribution in [3.8, 4) is 11.5 Å². The van der Waals surface area contributed by atoms with Gasteiger partial charge in [0.1, 0.15) is 0 Å². The largest absolute Gasteiger partial charge is 0.490 e. The fourth-order valence-electron chi connectivity index (χ4n) is 3.01. The van der Waals surface area contributed by atoms with Gasteiger partial charge in [-0.25, -0.2) is 17.7 Å². The van der Waals surface area contributed by atoms with E-state index in [9.17, 15) is 13.2 Å². The van der Waals surface area contributed by atoms with Crippen LogP contribution in [-0.4, -0.2) is 67.8 Å². The molecule has 0 spiro atoms. The summed E-state index contributed by atoms with van der Waals surface area (Å²) < 4.78 is 37.3. The third-order valence-corrected chi connectivity index (χ3v) is 7.48. The predicted octanol–water partition coefficient (Wildman–Crippen LogP) is 3.37. The van der Waals surface area contributed by atoms with E-state index in [0.29, 0.717) is 35.5 Å². The van der Waals surface area contributed by atoms with Crippen molar-refractivity contribution in [2.45, 2.75) is 24.0 Å². The van der Waals surface area contributed by atoms with Gasteiger partial charge in [0.25, 0.3) is 5.91 Å². The van der Waals surface area contributed by atoms with E-state index in [0.717, 1.165) is 4.31 Å². The number of rotatable bonds is 8. The number of para-hydroxylation sites is 2. The fourth-order valence-corrected chi connectivity index (χ4v) is 4.99. The van der Waals surface area contributed by atoms with E-state index in [4.69, 9.17) is 9.47 Å². The molecule has 0 bridgehead atoms. The number of carbonyl (C=O) groups excluding carboxylic acids is 1. The second-order valence-electron chi connectivity index (χ2n) is 7.28. The van der Waals surface area contributed by atoms with Crippen LogP contribution in [0.15, 0.2) is 58.4 Å². The Kier molecular flexibility index (Phi) is 7.81. The van der Waals surface area contributed by atoms with E-state index >= 15 is 0 Å². The molecule has 1 aliphatic rings. The van der Waals surface area contributed by atoms with Crippen molar-refractivity contribution in [1.82, 2.24) is 9.21 Å². The zero-order valence-corrected chi connectivity index (χ0v) is 20.1. The van der Waals surface area contributed by atoms with Crippen LogP contribution in [0, 0.1) is 0 Å². The van der Waals surface area contributed by atoms with Gasteiger partial charge in [-0.1, -0.05) is 36.9 Å². The maximum Gasteiger partial charge on any atom is 0.266 e. The molecular weight excluding hydrogens is 450 g/mol. The van der Waals surface area contributed by atoms with Crippen LogP contribution in [0.5, 0.6) is 11.5 Å². The molecule has 172 valence electrons. The number of amidine groups is 1. The number of nitrogens with zero attached hydrogens (tertiary/aromatic N) is 3. The van der Waals surface area contributed by atoms with Gasteiger partial charge in [0, 0.05) is 25.9 Å². The molecule has 10 heteroatoms. The lowest BCUT2D eigenvalue weighted by atomic mass is 10.3. The average molecular weight is 478 g/mol. The first-order valence-corrected chi connectivity index (χ1v) is 12.5. The van der Waals surface area contributed by atoms with Gasteiger partial charge >= 0.3 is 0 Å². The minimum Gasteiger partial charge on any atom is -0.490 e. The molecule has 0 saturated carbocycles. The quantitative estimate of drug-likeness (QED) is 0.579. The highest BCUT2D eigenvalue weighted by molar-refractivity contribution is 8.14. The first-order chi connectivity index (χ1) is 15.2. The molecule has 8 nitrogen and oxygen atoms in total. The number of sulfonamides is 1. The molecular formula is C22H27N3O5S2. The summed E-state index contributed by atoms with van der Waals surface area (Å²) in [5.74, 6) is 0.853. The summed E-state index contributed by atoms with van der Waals surface area (Å²) in [4.78, 5) is 19.2. The van der Waals surface area contributed by atoms with Gasteiger partial charge in [0.15, 0.2) is 23.3 Å². The number of ether oxygens (including phenoxy) is 2. The maximum absolute atomic E-state index is 12.9. The van der Waals surface area contributed by atoms with Crippen LogP contribution in [0.2, 0.25) is 0 Å². The van der Waals surface area contributed by atoms with Gasteiger partial charge in [0.2, 0.25) is 10.0 Å². The Labute approximate surface area is 193 Å². The Balaban J connectivity index is 1.78. The molecule has 0 aromatic heterocycles. The Morgan fingerprint density at radius 3 is 2.50 bits per heavy atom. The Morgan fingerprint density at radius 2 is 1.84 bits per heavy atom. The van der Waals surface area contributed by atoms with Gasteiger partial charge in [0.05, 0.1) is 17.2 Å². The molecule has 1 heterocycles. The highest BCUT2D eigenvalue weighted by Crippen LogP contribution is 2.30. The van der Waals surface area contributed by atoms with Crippen LogP contribution in [0.1, 0.15) is 13.8 Å². The second-order valence-corrected chi connectivity index (χ2v) is 10.8. The molecule has 0 aliphatic carbocycles. The van der Waals surface area contributed by atoms with Crippen molar-refractivity contribution >= 4 is 38.5 Å². The van der Waals surface area contributed by atoms with Gasteiger partial charge in [-0.05, 0) is 37.3 Å². The maximum atomic E-state index is 12.9. The number of aliphatic imine (C=N–C) groups is 1. The topological polar surface area (TPSA) is 88.5 Å². The fraction of sp³-hybridized carbons (Fsp3) is 0.364. The van der Waals surface area contributed by atoms with Crippen LogP contribution in [-0.2, 0) is 14.8 Å². The summed E-state index contributed by atoms with van der Waals surface area (Å²) in [6.45, 7) is 4.71. The van der Waals surface area contributed by atoms with E-state index in [-0.39, 0.29) is 22.7 Å². The lowest BCUT2D eigenvalue weighted by Crippen LogP contribution is -2.36. The molecule has 1 saturated heterocycles. The molecule has 1 amide bonds. The smallest absolute Gasteiger partial charge is 0.266 e. The number of amides is 1. The van der Waals surface area contributed by atoms with Gasteiger partial charge in [-0.15, -0.1) is 0 Å². The van der Waals surface area contributed by atoms with Crippen molar-refractivity contribution in [2.75, 3.05) is 33.9 Å². The normalized spacial score (nSPS) is 17.7. The van der Waals surface area contributed by atoms with Crippen molar-refractivity contribution in [1.29, 1.82) is 0 Å². The minimum absolute atomic E-state index is 0.147. The monoisotopic (exact) mass is 477 g/mol. The summed E-state index contributed by atoms with van der Waals surface area (Å²) in [5.41, 5.74) is 0.463. The van der Waals surface area contributed by atoms with E-state index in [1.807, 2.05) is 26.0 Å². The van der Waals surface area contributed by atoms with Crippen molar-refractivity contribution in [3.63, 3.8) is 0 Å². The van der Waals surface area contributed by atoms with E-state index in [1.165, 1.54) is 38.0 Å². The van der Waals surface area contributed by atoms with E-state index < -0.39 is 10.0 Å². The minimum atomic E-state index is -3.58. The zero-order valence-electron chi connectivity index (χ0n) is 18.5. The first-order valence-electron chi connectivity index (χ1n) is 10.1. The molecule has 1 fully saturated rings. The standard InChI is InChI=1S/C22H27N3O5S2/c1-5-29-19-11-6-7-12-20(19)30-15-21(26)25-14-16(2)31-22(25)23-17-9-8-10-18(13-17)32(27,28)24(3)4/h6-13,16H,5,14-15H2,1-4H3/t16-/m0/s1. The highest BCUT2D eigenvalue weighted by atomic mass is 32.2. The number of thioether (sulfide) groups is 1. The molecule has 0 N–H and O–H groups in total. The summed E-state index contributed by atoms with van der Waals surface area (Å²) >= 11 is 1.46. The third kappa shape index (κ3) is 5.62. The molecule has 1 atom stereocenters. The molecule has 0 radical (unpaired) electrons. The van der Waals surface area contributed by atoms with E-state index in [1.54, 1.807) is 29.2 Å². The molecule has 3 rings (SSSR count). The molecule has 32 heavy (non-hydrogen) atoms. The van der Waals surface area contributed by atoms with Gasteiger partial charge < -0.3 is 9.47 Å². The zero-order chi connectivity index (χ0) is 23.3. The van der Waals surface area contributed by atoms with E-state index in [2.05, 4.69) is 4.99 Å². The number of carbonyl (C=O) groups is 1. The second kappa shape index (κ2) is 10.4. The van der Waals surface area contributed by atoms with Gasteiger partial charge in [-0.2, -0.15) is 0 Å². The number of hydrogen-bond donors (Lipinski definition) is 0. The summed E-state index contributed by atoms with van der Waals surface area (Å²) in [5, 5.41) is 0.672. The van der Waals surface area contributed by atoms with Crippen LogP contribution in [0.3, 0.4) is 0 Å². The summed E-state index contributed by atoms with van der Waals surface area (Å²) in [7, 11) is -0.620. The Hall–Kier alpha value is -2.56. The van der Waals surface area contributed by atoms with Gasteiger partial charge in [-0.3, -0.25) is 9.69 Å². The third-order valence-electron chi connectivity index (χ3n) is 4.60. The van der Waals surface area contributed by atoms with Crippen molar-refractivity contribution < 1.29 is 22.7 Å². The highest BCUT2D eigenvalue weighted by Gasteiger charge is 2.31. The van der Waals surface area contributed by atoms with Crippen LogP contribution in [0.25, 0.3) is 0 Å². The van der Waals surface area contributed by atoms with Crippen LogP contribution < -0.4 is 9.47 Å². The lowest BCUT2D eigenvalue weighted by Gasteiger charge is -2.17. The lowest BCUT2D eigenvalue weighted by molar-refractivity contribution is -0.129. The molecule has 1 aliphatic heterocycles. The Morgan fingerprint density at radius 1 is 1.16 bits per heavy atom. The average Bonchev–Trinajstić information content (AvgIpc) is 3.13. The van der Waals surface area contributed by atoms with Crippen molar-refractivity contribution in [3.05, 3.63) is 48.5 Å². The SMILES string of the molecule is CCOc1ccccc1OCC(=O)N1C[C@H](C)SC1=Nc1cccc(S(=O)(=O)N(C)C)c1. The van der Waals surface area contributed by atoms with Crippen LogP contribution in [0.4, 0.5) is 5.69 Å². The molecule has 2 aromatic rings. The van der Waals surface area contributed by atoms with Crippen LogP contribution >= 0.6 is 11.8 Å². The summed E-state index contributed by atoms with van der Waals surface area (Å²) in [6, 6.07) is 13.6.